The summed E-state index contributed by atoms with van der Waals surface area (Å²) in [4.78, 5) is 0. The molecule has 5 heteroatoms. The van der Waals surface area contributed by atoms with Crippen molar-refractivity contribution >= 4 is 11.8 Å². The summed E-state index contributed by atoms with van der Waals surface area (Å²) in [5, 5.41) is 9.63. The Balaban J connectivity index is 1.74. The number of methoxy groups -OCH3 is 1. The van der Waals surface area contributed by atoms with Gasteiger partial charge in [-0.15, -0.1) is 10.2 Å². The highest BCUT2D eigenvalue weighted by atomic mass is 32.2. The summed E-state index contributed by atoms with van der Waals surface area (Å²) in [5.74, 6) is 3.13. The second kappa shape index (κ2) is 7.74. The van der Waals surface area contributed by atoms with E-state index in [1.54, 1.807) is 18.9 Å². The predicted molar refractivity (Wildman–Crippen MR) is 103 cm³/mol. The van der Waals surface area contributed by atoms with Crippen LogP contribution in [0.4, 0.5) is 0 Å². The lowest BCUT2D eigenvalue weighted by molar-refractivity contribution is 0.414. The number of rotatable bonds is 6. The van der Waals surface area contributed by atoms with Gasteiger partial charge in [0.2, 0.25) is 0 Å². The molecule has 0 atom stereocenters. The topological polar surface area (TPSA) is 39.9 Å². The Morgan fingerprint density at radius 1 is 1.08 bits per heavy atom. The van der Waals surface area contributed by atoms with Gasteiger partial charge < -0.3 is 9.30 Å². The van der Waals surface area contributed by atoms with Crippen molar-refractivity contribution in [3.63, 3.8) is 0 Å². The van der Waals surface area contributed by atoms with Crippen molar-refractivity contribution in [2.75, 3.05) is 7.11 Å². The van der Waals surface area contributed by atoms with Crippen LogP contribution in [0.3, 0.4) is 0 Å². The SMILES string of the molecule is COc1cccc(CSc2nnc(-c3ccc(C(C)C)cc3)n2C)c1. The molecular weight excluding hydrogens is 330 g/mol. The minimum absolute atomic E-state index is 0.530. The van der Waals surface area contributed by atoms with Gasteiger partial charge in [0.05, 0.1) is 7.11 Å². The molecule has 130 valence electrons. The minimum Gasteiger partial charge on any atom is -0.497 e. The monoisotopic (exact) mass is 353 g/mol. The lowest BCUT2D eigenvalue weighted by Crippen LogP contribution is -1.96. The fraction of sp³-hybridized carbons (Fsp3) is 0.300. The van der Waals surface area contributed by atoms with Gasteiger partial charge in [-0.25, -0.2) is 0 Å². The van der Waals surface area contributed by atoms with Crippen LogP contribution in [-0.4, -0.2) is 21.9 Å². The molecule has 1 aromatic heterocycles. The third-order valence-corrected chi connectivity index (χ3v) is 5.26. The molecule has 25 heavy (non-hydrogen) atoms. The van der Waals surface area contributed by atoms with Crippen LogP contribution in [-0.2, 0) is 12.8 Å². The number of aromatic nitrogens is 3. The third-order valence-electron chi connectivity index (χ3n) is 4.17. The van der Waals surface area contributed by atoms with Gasteiger partial charge in [-0.05, 0) is 29.2 Å². The highest BCUT2D eigenvalue weighted by Crippen LogP contribution is 2.27. The Morgan fingerprint density at radius 3 is 2.52 bits per heavy atom. The van der Waals surface area contributed by atoms with Crippen molar-refractivity contribution in [2.24, 2.45) is 7.05 Å². The van der Waals surface area contributed by atoms with Crippen molar-refractivity contribution < 1.29 is 4.74 Å². The van der Waals surface area contributed by atoms with Crippen molar-refractivity contribution in [3.8, 4) is 17.1 Å². The molecule has 0 saturated carbocycles. The summed E-state index contributed by atoms with van der Waals surface area (Å²) in [6.45, 7) is 4.40. The average molecular weight is 353 g/mol. The average Bonchev–Trinajstić information content (AvgIpc) is 3.01. The highest BCUT2D eigenvalue weighted by molar-refractivity contribution is 7.98. The van der Waals surface area contributed by atoms with E-state index in [0.29, 0.717) is 5.92 Å². The molecule has 2 aromatic carbocycles. The number of hydrogen-bond acceptors (Lipinski definition) is 4. The van der Waals surface area contributed by atoms with E-state index < -0.39 is 0 Å². The van der Waals surface area contributed by atoms with Crippen molar-refractivity contribution in [1.82, 2.24) is 14.8 Å². The predicted octanol–water partition coefficient (Wildman–Crippen LogP) is 4.91. The van der Waals surface area contributed by atoms with Gasteiger partial charge in [-0.1, -0.05) is 62.0 Å². The van der Waals surface area contributed by atoms with Crippen LogP contribution in [0, 0.1) is 0 Å². The summed E-state index contributed by atoms with van der Waals surface area (Å²) in [6, 6.07) is 16.7. The van der Waals surface area contributed by atoms with Gasteiger partial charge in [0.1, 0.15) is 5.75 Å². The second-order valence-corrected chi connectivity index (χ2v) is 7.22. The van der Waals surface area contributed by atoms with E-state index in [-0.39, 0.29) is 0 Å². The molecule has 0 radical (unpaired) electrons. The highest BCUT2D eigenvalue weighted by Gasteiger charge is 2.12. The molecular formula is C20H23N3OS. The molecule has 0 spiro atoms. The maximum absolute atomic E-state index is 5.28. The standard InChI is InChI=1S/C20H23N3OS/c1-14(2)16-8-10-17(11-9-16)19-21-22-20(23(19)3)25-13-15-6-5-7-18(12-15)24-4/h5-12,14H,13H2,1-4H3. The molecule has 3 rings (SSSR count). The van der Waals surface area contributed by atoms with Gasteiger partial charge >= 0.3 is 0 Å². The van der Waals surface area contributed by atoms with Crippen LogP contribution in [0.25, 0.3) is 11.4 Å². The molecule has 0 N–H and O–H groups in total. The molecule has 1 heterocycles. The van der Waals surface area contributed by atoms with Crippen LogP contribution < -0.4 is 4.74 Å². The fourth-order valence-corrected chi connectivity index (χ4v) is 3.47. The smallest absolute Gasteiger partial charge is 0.191 e. The molecule has 0 aliphatic carbocycles. The number of hydrogen-bond donors (Lipinski definition) is 0. The van der Waals surface area contributed by atoms with Crippen molar-refractivity contribution in [2.45, 2.75) is 30.7 Å². The number of nitrogens with zero attached hydrogens (tertiary/aromatic N) is 3. The molecule has 0 aliphatic rings. The Morgan fingerprint density at radius 2 is 1.84 bits per heavy atom. The normalized spacial score (nSPS) is 11.1. The zero-order valence-corrected chi connectivity index (χ0v) is 15.9. The number of benzene rings is 2. The van der Waals surface area contributed by atoms with E-state index in [1.165, 1.54) is 11.1 Å². The third kappa shape index (κ3) is 4.04. The first kappa shape index (κ1) is 17.5. The zero-order valence-electron chi connectivity index (χ0n) is 15.1. The summed E-state index contributed by atoms with van der Waals surface area (Å²) >= 11 is 1.68. The Kier molecular flexibility index (Phi) is 5.43. The Labute approximate surface area is 153 Å². The Hall–Kier alpha value is -2.27. The largest absolute Gasteiger partial charge is 0.497 e. The maximum atomic E-state index is 5.28. The van der Waals surface area contributed by atoms with E-state index in [2.05, 4.69) is 65.0 Å². The molecule has 0 unspecified atom stereocenters. The van der Waals surface area contributed by atoms with Crippen molar-refractivity contribution in [1.29, 1.82) is 0 Å². The lowest BCUT2D eigenvalue weighted by atomic mass is 10.0. The maximum Gasteiger partial charge on any atom is 0.191 e. The molecule has 0 amide bonds. The van der Waals surface area contributed by atoms with Crippen LogP contribution in [0.15, 0.2) is 53.7 Å². The fourth-order valence-electron chi connectivity index (χ4n) is 2.62. The number of ether oxygens (including phenoxy) is 1. The second-order valence-electron chi connectivity index (χ2n) is 6.28. The molecule has 4 nitrogen and oxygen atoms in total. The molecule has 0 fully saturated rings. The van der Waals surface area contributed by atoms with Crippen LogP contribution >= 0.6 is 11.8 Å². The number of thioether (sulfide) groups is 1. The lowest BCUT2D eigenvalue weighted by Gasteiger charge is -2.07. The summed E-state index contributed by atoms with van der Waals surface area (Å²) in [6.07, 6.45) is 0. The molecule has 3 aromatic rings. The van der Waals surface area contributed by atoms with E-state index in [4.69, 9.17) is 4.74 Å². The van der Waals surface area contributed by atoms with Crippen molar-refractivity contribution in [3.05, 3.63) is 59.7 Å². The van der Waals surface area contributed by atoms with E-state index in [9.17, 15) is 0 Å². The van der Waals surface area contributed by atoms with Crippen LogP contribution in [0.1, 0.15) is 30.9 Å². The van der Waals surface area contributed by atoms with Gasteiger partial charge in [-0.2, -0.15) is 0 Å². The van der Waals surface area contributed by atoms with Gasteiger partial charge in [0.25, 0.3) is 0 Å². The first-order valence-corrected chi connectivity index (χ1v) is 9.32. The molecule has 0 saturated heterocycles. The summed E-state index contributed by atoms with van der Waals surface area (Å²) < 4.78 is 7.33. The van der Waals surface area contributed by atoms with Gasteiger partial charge in [0, 0.05) is 18.4 Å². The van der Waals surface area contributed by atoms with Crippen LogP contribution in [0.5, 0.6) is 5.75 Å². The van der Waals surface area contributed by atoms with E-state index in [0.717, 1.165) is 28.0 Å². The van der Waals surface area contributed by atoms with E-state index >= 15 is 0 Å². The Bertz CT molecular complexity index is 840. The quantitative estimate of drug-likeness (QED) is 0.591. The zero-order chi connectivity index (χ0) is 17.8. The summed E-state index contributed by atoms with van der Waals surface area (Å²) in [5.41, 5.74) is 3.63. The van der Waals surface area contributed by atoms with E-state index in [1.807, 2.05) is 19.2 Å². The first-order chi connectivity index (χ1) is 12.1. The summed E-state index contributed by atoms with van der Waals surface area (Å²) in [7, 11) is 3.70. The first-order valence-electron chi connectivity index (χ1n) is 8.34. The van der Waals surface area contributed by atoms with Gasteiger partial charge in [-0.3, -0.25) is 0 Å². The molecule has 0 aliphatic heterocycles. The van der Waals surface area contributed by atoms with Gasteiger partial charge in [0.15, 0.2) is 11.0 Å². The molecule has 0 bridgehead atoms. The minimum atomic E-state index is 0.530. The van der Waals surface area contributed by atoms with Crippen LogP contribution in [0.2, 0.25) is 0 Å².